The number of rotatable bonds is 7. The number of nitrogens with zero attached hydrogens (tertiary/aromatic N) is 4. The lowest BCUT2D eigenvalue weighted by Gasteiger charge is -2.25. The molecule has 1 rings (SSSR count). The van der Waals surface area contributed by atoms with Crippen LogP contribution in [0, 0.1) is 6.92 Å². The Balaban J connectivity index is 2.69. The lowest BCUT2D eigenvalue weighted by atomic mass is 10.4. The second-order valence-corrected chi connectivity index (χ2v) is 6.28. The van der Waals surface area contributed by atoms with E-state index in [1.165, 1.54) is 4.88 Å². The number of nitrogens with one attached hydrogen (secondary N) is 1. The molecule has 1 heterocycles. The number of carbonyl (C=O) groups excluding carboxylic acids is 1. The second kappa shape index (κ2) is 9.40. The maximum absolute atomic E-state index is 12.2. The van der Waals surface area contributed by atoms with E-state index in [-0.39, 0.29) is 5.91 Å². The van der Waals surface area contributed by atoms with Crippen molar-refractivity contribution >= 4 is 23.2 Å². The van der Waals surface area contributed by atoms with Crippen molar-refractivity contribution in [2.75, 3.05) is 33.2 Å². The van der Waals surface area contributed by atoms with Gasteiger partial charge in [-0.05, 0) is 27.7 Å². The predicted molar refractivity (Wildman–Crippen MR) is 92.2 cm³/mol. The molecule has 0 bridgehead atoms. The van der Waals surface area contributed by atoms with Gasteiger partial charge in [0.15, 0.2) is 5.96 Å². The van der Waals surface area contributed by atoms with Crippen molar-refractivity contribution in [2.24, 2.45) is 4.99 Å². The maximum Gasteiger partial charge on any atom is 0.242 e. The Morgan fingerprint density at radius 3 is 2.55 bits per heavy atom. The summed E-state index contributed by atoms with van der Waals surface area (Å²) in [7, 11) is 1.88. The molecule has 0 aliphatic carbocycles. The van der Waals surface area contributed by atoms with Gasteiger partial charge in [-0.15, -0.1) is 11.3 Å². The fraction of sp³-hybridized carbons (Fsp3) is 0.667. The minimum absolute atomic E-state index is 0.114. The van der Waals surface area contributed by atoms with Crippen molar-refractivity contribution < 1.29 is 4.79 Å². The molecule has 0 saturated heterocycles. The molecule has 0 saturated carbocycles. The van der Waals surface area contributed by atoms with Gasteiger partial charge in [0.1, 0.15) is 5.01 Å². The van der Waals surface area contributed by atoms with E-state index >= 15 is 0 Å². The van der Waals surface area contributed by atoms with E-state index in [9.17, 15) is 4.79 Å². The number of hydrogen-bond acceptors (Lipinski definition) is 4. The van der Waals surface area contributed by atoms with Gasteiger partial charge in [0.2, 0.25) is 5.91 Å². The molecule has 6 nitrogen and oxygen atoms in total. The van der Waals surface area contributed by atoms with Gasteiger partial charge in [-0.25, -0.2) is 9.98 Å². The van der Waals surface area contributed by atoms with Crippen LogP contribution in [0.3, 0.4) is 0 Å². The van der Waals surface area contributed by atoms with Gasteiger partial charge in [-0.3, -0.25) is 4.79 Å². The minimum atomic E-state index is 0.114. The normalized spacial score (nSPS) is 11.4. The average Bonchev–Trinajstić information content (AvgIpc) is 2.90. The quantitative estimate of drug-likeness (QED) is 0.612. The Bertz CT molecular complexity index is 496. The summed E-state index contributed by atoms with van der Waals surface area (Å²) in [6.07, 6.45) is 1.86. The Morgan fingerprint density at radius 2 is 2.05 bits per heavy atom. The summed E-state index contributed by atoms with van der Waals surface area (Å²) in [5, 5.41) is 4.20. The van der Waals surface area contributed by atoms with E-state index in [1.54, 1.807) is 11.3 Å². The van der Waals surface area contributed by atoms with Crippen molar-refractivity contribution in [1.29, 1.82) is 0 Å². The summed E-state index contributed by atoms with van der Waals surface area (Å²) in [6.45, 7) is 11.1. The first-order valence-electron chi connectivity index (χ1n) is 7.70. The van der Waals surface area contributed by atoms with Crippen molar-refractivity contribution in [3.05, 3.63) is 16.1 Å². The third-order valence-corrected chi connectivity index (χ3v) is 4.12. The van der Waals surface area contributed by atoms with Gasteiger partial charge in [0.25, 0.3) is 0 Å². The first kappa shape index (κ1) is 18.4. The van der Waals surface area contributed by atoms with Gasteiger partial charge in [-0.2, -0.15) is 0 Å². The number of likely N-dealkylation sites (N-methyl/N-ethyl adjacent to an activating group) is 2. The monoisotopic (exact) mass is 325 g/mol. The molecule has 22 heavy (non-hydrogen) atoms. The zero-order valence-electron chi connectivity index (χ0n) is 14.2. The number of hydrogen-bond donors (Lipinski definition) is 1. The van der Waals surface area contributed by atoms with Gasteiger partial charge >= 0.3 is 0 Å². The number of thiazole rings is 1. The summed E-state index contributed by atoms with van der Waals surface area (Å²) in [5.74, 6) is 0.846. The molecular weight excluding hydrogens is 298 g/mol. The molecule has 1 N–H and O–H groups in total. The van der Waals surface area contributed by atoms with E-state index in [2.05, 4.69) is 15.3 Å². The fourth-order valence-corrected chi connectivity index (χ4v) is 2.75. The fourth-order valence-electron chi connectivity index (χ4n) is 2.04. The van der Waals surface area contributed by atoms with Crippen LogP contribution in [0.5, 0.6) is 0 Å². The molecule has 0 spiro atoms. The second-order valence-electron chi connectivity index (χ2n) is 4.96. The molecule has 1 amide bonds. The Hall–Kier alpha value is -1.63. The van der Waals surface area contributed by atoms with Gasteiger partial charge < -0.3 is 15.1 Å². The van der Waals surface area contributed by atoms with Crippen LogP contribution in [0.2, 0.25) is 0 Å². The highest BCUT2D eigenvalue weighted by Crippen LogP contribution is 2.12. The molecule has 0 aromatic carbocycles. The number of aryl methyl sites for hydroxylation is 1. The molecule has 1 aromatic rings. The summed E-state index contributed by atoms with van der Waals surface area (Å²) in [5.41, 5.74) is 0. The van der Waals surface area contributed by atoms with Crippen molar-refractivity contribution in [2.45, 2.75) is 34.2 Å². The smallest absolute Gasteiger partial charge is 0.242 e. The molecule has 7 heteroatoms. The van der Waals surface area contributed by atoms with Crippen LogP contribution in [0.15, 0.2) is 11.2 Å². The number of aromatic nitrogens is 1. The van der Waals surface area contributed by atoms with Crippen LogP contribution in [0.1, 0.15) is 30.7 Å². The zero-order valence-corrected chi connectivity index (χ0v) is 15.0. The Morgan fingerprint density at radius 1 is 1.36 bits per heavy atom. The number of carbonyl (C=O) groups is 1. The van der Waals surface area contributed by atoms with E-state index in [0.29, 0.717) is 13.1 Å². The highest BCUT2D eigenvalue weighted by atomic mass is 32.1. The first-order chi connectivity index (χ1) is 10.5. The molecule has 124 valence electrons. The summed E-state index contributed by atoms with van der Waals surface area (Å²) < 4.78 is 0. The van der Waals surface area contributed by atoms with Gasteiger partial charge in [-0.1, -0.05) is 0 Å². The average molecular weight is 325 g/mol. The highest BCUT2D eigenvalue weighted by molar-refractivity contribution is 7.11. The van der Waals surface area contributed by atoms with E-state index in [4.69, 9.17) is 0 Å². The third-order valence-electron chi connectivity index (χ3n) is 3.22. The topological polar surface area (TPSA) is 60.8 Å². The largest absolute Gasteiger partial charge is 0.357 e. The van der Waals surface area contributed by atoms with Crippen LogP contribution in [0.4, 0.5) is 0 Å². The summed E-state index contributed by atoms with van der Waals surface area (Å²) in [4.78, 5) is 25.9. The Kier molecular flexibility index (Phi) is 7.87. The van der Waals surface area contributed by atoms with E-state index in [1.807, 2.05) is 50.7 Å². The van der Waals surface area contributed by atoms with Crippen LogP contribution in [0.25, 0.3) is 0 Å². The van der Waals surface area contributed by atoms with Crippen LogP contribution < -0.4 is 5.32 Å². The van der Waals surface area contributed by atoms with Gasteiger partial charge in [0.05, 0.1) is 13.1 Å². The molecule has 0 atom stereocenters. The number of guanidine groups is 1. The summed E-state index contributed by atoms with van der Waals surface area (Å²) >= 11 is 1.65. The van der Waals surface area contributed by atoms with Crippen LogP contribution in [-0.4, -0.2) is 59.9 Å². The third kappa shape index (κ3) is 5.63. The standard InChI is InChI=1S/C15H27N5OS/c1-6-16-15(18-10-13-17-9-12(4)22-13)19(5)11-14(21)20(7-2)8-3/h9H,6-8,10-11H2,1-5H3,(H,16,18). The van der Waals surface area contributed by atoms with E-state index < -0.39 is 0 Å². The molecule has 0 radical (unpaired) electrons. The minimum Gasteiger partial charge on any atom is -0.357 e. The lowest BCUT2D eigenvalue weighted by molar-refractivity contribution is -0.131. The van der Waals surface area contributed by atoms with Crippen LogP contribution >= 0.6 is 11.3 Å². The van der Waals surface area contributed by atoms with E-state index in [0.717, 1.165) is 30.6 Å². The highest BCUT2D eigenvalue weighted by Gasteiger charge is 2.15. The number of aliphatic imine (C=N–C) groups is 1. The molecule has 0 aliphatic heterocycles. The number of amides is 1. The van der Waals surface area contributed by atoms with Crippen molar-refractivity contribution in [3.8, 4) is 0 Å². The molecule has 0 fully saturated rings. The molecular formula is C15H27N5OS. The van der Waals surface area contributed by atoms with Crippen molar-refractivity contribution in [3.63, 3.8) is 0 Å². The van der Waals surface area contributed by atoms with Gasteiger partial charge in [0, 0.05) is 37.8 Å². The SMILES string of the molecule is CCNC(=NCc1ncc(C)s1)N(C)CC(=O)N(CC)CC. The molecule has 0 aliphatic rings. The summed E-state index contributed by atoms with van der Waals surface area (Å²) in [6, 6.07) is 0. The Labute approximate surface area is 137 Å². The molecule has 0 unspecified atom stereocenters. The van der Waals surface area contributed by atoms with Crippen molar-refractivity contribution in [1.82, 2.24) is 20.1 Å². The molecule has 1 aromatic heterocycles. The first-order valence-corrected chi connectivity index (χ1v) is 8.51. The predicted octanol–water partition coefficient (Wildman–Crippen LogP) is 1.72. The van der Waals surface area contributed by atoms with Crippen LogP contribution in [-0.2, 0) is 11.3 Å². The zero-order chi connectivity index (χ0) is 16.5. The maximum atomic E-state index is 12.2. The lowest BCUT2D eigenvalue weighted by Crippen LogP contribution is -2.45.